The smallest absolute Gasteiger partial charge is 0.0443 e. The van der Waals surface area contributed by atoms with Crippen molar-refractivity contribution < 1.29 is 5.11 Å². The first-order valence-corrected chi connectivity index (χ1v) is 5.79. The average Bonchev–Trinajstić information content (AvgIpc) is 2.23. The molecule has 0 aliphatic heterocycles. The van der Waals surface area contributed by atoms with Crippen molar-refractivity contribution in [3.05, 3.63) is 35.9 Å². The topological polar surface area (TPSA) is 32.3 Å². The minimum atomic E-state index is 0.293. The van der Waals surface area contributed by atoms with E-state index in [1.54, 1.807) is 0 Å². The Morgan fingerprint density at radius 1 is 1.20 bits per heavy atom. The molecule has 1 fully saturated rings. The zero-order valence-electron chi connectivity index (χ0n) is 9.02. The van der Waals surface area contributed by atoms with Gasteiger partial charge in [-0.2, -0.15) is 0 Å². The third-order valence-electron chi connectivity index (χ3n) is 3.18. The average molecular weight is 205 g/mol. The SMILES string of the molecule is OCCCNC1CC(c2ccccc2)C1. The number of rotatable bonds is 5. The van der Waals surface area contributed by atoms with E-state index < -0.39 is 0 Å². The molecule has 0 saturated heterocycles. The van der Waals surface area contributed by atoms with Crippen molar-refractivity contribution >= 4 is 0 Å². The molecule has 0 amide bonds. The highest BCUT2D eigenvalue weighted by Crippen LogP contribution is 2.36. The maximum absolute atomic E-state index is 8.66. The van der Waals surface area contributed by atoms with Crippen LogP contribution in [0.25, 0.3) is 0 Å². The van der Waals surface area contributed by atoms with Gasteiger partial charge >= 0.3 is 0 Å². The van der Waals surface area contributed by atoms with Crippen LogP contribution in [0, 0.1) is 0 Å². The third-order valence-corrected chi connectivity index (χ3v) is 3.18. The largest absolute Gasteiger partial charge is 0.396 e. The molecule has 1 aromatic carbocycles. The Hall–Kier alpha value is -0.860. The molecule has 0 aromatic heterocycles. The van der Waals surface area contributed by atoms with Gasteiger partial charge in [0.1, 0.15) is 0 Å². The fourth-order valence-electron chi connectivity index (χ4n) is 2.17. The van der Waals surface area contributed by atoms with Crippen LogP contribution in [0.3, 0.4) is 0 Å². The number of aliphatic hydroxyl groups is 1. The molecule has 0 atom stereocenters. The summed E-state index contributed by atoms with van der Waals surface area (Å²) in [5.74, 6) is 0.748. The van der Waals surface area contributed by atoms with Crippen LogP contribution in [-0.4, -0.2) is 24.3 Å². The van der Waals surface area contributed by atoms with Gasteiger partial charge in [-0.3, -0.25) is 0 Å². The molecule has 0 unspecified atom stereocenters. The number of aliphatic hydroxyl groups excluding tert-OH is 1. The van der Waals surface area contributed by atoms with Crippen LogP contribution in [0.5, 0.6) is 0 Å². The van der Waals surface area contributed by atoms with Crippen molar-refractivity contribution in [2.45, 2.75) is 31.2 Å². The van der Waals surface area contributed by atoms with E-state index in [4.69, 9.17) is 5.11 Å². The van der Waals surface area contributed by atoms with Crippen LogP contribution < -0.4 is 5.32 Å². The second kappa shape index (κ2) is 5.29. The highest BCUT2D eigenvalue weighted by molar-refractivity contribution is 5.22. The van der Waals surface area contributed by atoms with Crippen molar-refractivity contribution in [2.75, 3.05) is 13.2 Å². The van der Waals surface area contributed by atoms with E-state index in [2.05, 4.69) is 35.6 Å². The lowest BCUT2D eigenvalue weighted by atomic mass is 9.76. The molecular weight excluding hydrogens is 186 g/mol. The molecule has 0 spiro atoms. The lowest BCUT2D eigenvalue weighted by Gasteiger charge is -2.36. The van der Waals surface area contributed by atoms with Gasteiger partial charge in [-0.05, 0) is 37.3 Å². The molecule has 1 aliphatic carbocycles. The lowest BCUT2D eigenvalue weighted by Crippen LogP contribution is -2.40. The van der Waals surface area contributed by atoms with Crippen molar-refractivity contribution in [3.63, 3.8) is 0 Å². The van der Waals surface area contributed by atoms with Gasteiger partial charge in [0.25, 0.3) is 0 Å². The summed E-state index contributed by atoms with van der Waals surface area (Å²) in [7, 11) is 0. The highest BCUT2D eigenvalue weighted by Gasteiger charge is 2.29. The van der Waals surface area contributed by atoms with Crippen LogP contribution in [-0.2, 0) is 0 Å². The molecule has 1 aliphatic rings. The van der Waals surface area contributed by atoms with Crippen LogP contribution in [0.2, 0.25) is 0 Å². The van der Waals surface area contributed by atoms with E-state index in [0.717, 1.165) is 18.9 Å². The minimum Gasteiger partial charge on any atom is -0.396 e. The summed E-state index contributed by atoms with van der Waals surface area (Å²) in [5.41, 5.74) is 1.47. The van der Waals surface area contributed by atoms with Crippen molar-refractivity contribution in [3.8, 4) is 0 Å². The van der Waals surface area contributed by atoms with Gasteiger partial charge in [0.2, 0.25) is 0 Å². The Bertz CT molecular complexity index is 280. The predicted molar refractivity (Wildman–Crippen MR) is 61.9 cm³/mol. The Morgan fingerprint density at radius 3 is 2.60 bits per heavy atom. The molecule has 2 N–H and O–H groups in total. The summed E-state index contributed by atoms with van der Waals surface area (Å²) in [4.78, 5) is 0. The first kappa shape index (κ1) is 10.7. The first-order valence-electron chi connectivity index (χ1n) is 5.79. The van der Waals surface area contributed by atoms with E-state index >= 15 is 0 Å². The summed E-state index contributed by atoms with van der Waals surface area (Å²) in [5, 5.41) is 12.1. The van der Waals surface area contributed by atoms with Gasteiger partial charge in [0.15, 0.2) is 0 Å². The zero-order chi connectivity index (χ0) is 10.5. The van der Waals surface area contributed by atoms with Crippen LogP contribution >= 0.6 is 0 Å². The van der Waals surface area contributed by atoms with E-state index in [-0.39, 0.29) is 0 Å². The van der Waals surface area contributed by atoms with Gasteiger partial charge in [0, 0.05) is 12.6 Å². The van der Waals surface area contributed by atoms with Gasteiger partial charge in [-0.15, -0.1) is 0 Å². The Morgan fingerprint density at radius 2 is 1.93 bits per heavy atom. The monoisotopic (exact) mass is 205 g/mol. The fourth-order valence-corrected chi connectivity index (χ4v) is 2.17. The summed E-state index contributed by atoms with van der Waals surface area (Å²) in [6.07, 6.45) is 3.36. The molecule has 0 bridgehead atoms. The molecule has 1 saturated carbocycles. The number of hydrogen-bond acceptors (Lipinski definition) is 2. The van der Waals surface area contributed by atoms with Crippen LogP contribution in [0.1, 0.15) is 30.7 Å². The van der Waals surface area contributed by atoms with E-state index in [1.807, 2.05) is 0 Å². The third kappa shape index (κ3) is 2.80. The molecule has 15 heavy (non-hydrogen) atoms. The Kier molecular flexibility index (Phi) is 3.75. The molecule has 0 heterocycles. The maximum Gasteiger partial charge on any atom is 0.0443 e. The van der Waals surface area contributed by atoms with E-state index in [1.165, 1.54) is 18.4 Å². The summed E-state index contributed by atoms with van der Waals surface area (Å²) >= 11 is 0. The second-order valence-corrected chi connectivity index (χ2v) is 4.31. The number of hydrogen-bond donors (Lipinski definition) is 2. The molecule has 2 rings (SSSR count). The molecular formula is C13H19NO. The number of nitrogens with one attached hydrogen (secondary N) is 1. The normalized spacial score (nSPS) is 24.9. The summed E-state index contributed by atoms with van der Waals surface area (Å²) in [6, 6.07) is 11.4. The maximum atomic E-state index is 8.66. The van der Waals surface area contributed by atoms with Crippen molar-refractivity contribution in [1.29, 1.82) is 0 Å². The Labute approximate surface area is 91.3 Å². The summed E-state index contributed by atoms with van der Waals surface area (Å²) in [6.45, 7) is 1.24. The highest BCUT2D eigenvalue weighted by atomic mass is 16.3. The van der Waals surface area contributed by atoms with Gasteiger partial charge in [-0.25, -0.2) is 0 Å². The van der Waals surface area contributed by atoms with Crippen LogP contribution in [0.15, 0.2) is 30.3 Å². The standard InChI is InChI=1S/C13H19NO/c15-8-4-7-14-13-9-12(10-13)11-5-2-1-3-6-11/h1-3,5-6,12-15H,4,7-10H2. The predicted octanol–water partition coefficient (Wildman–Crippen LogP) is 1.90. The van der Waals surface area contributed by atoms with E-state index in [0.29, 0.717) is 12.6 Å². The van der Waals surface area contributed by atoms with Gasteiger partial charge in [-0.1, -0.05) is 30.3 Å². The molecule has 0 radical (unpaired) electrons. The van der Waals surface area contributed by atoms with Crippen LogP contribution in [0.4, 0.5) is 0 Å². The molecule has 1 aromatic rings. The fraction of sp³-hybridized carbons (Fsp3) is 0.538. The molecule has 2 nitrogen and oxygen atoms in total. The molecule has 2 heteroatoms. The van der Waals surface area contributed by atoms with Crippen molar-refractivity contribution in [2.24, 2.45) is 0 Å². The second-order valence-electron chi connectivity index (χ2n) is 4.31. The zero-order valence-corrected chi connectivity index (χ0v) is 9.02. The minimum absolute atomic E-state index is 0.293. The Balaban J connectivity index is 1.70. The van der Waals surface area contributed by atoms with Gasteiger partial charge in [0.05, 0.1) is 0 Å². The van der Waals surface area contributed by atoms with E-state index in [9.17, 15) is 0 Å². The quantitative estimate of drug-likeness (QED) is 0.720. The van der Waals surface area contributed by atoms with Crippen molar-refractivity contribution in [1.82, 2.24) is 5.32 Å². The van der Waals surface area contributed by atoms with Gasteiger partial charge < -0.3 is 10.4 Å². The molecule has 82 valence electrons. The summed E-state index contributed by atoms with van der Waals surface area (Å²) < 4.78 is 0. The first-order chi connectivity index (χ1) is 7.40. The number of benzene rings is 1. The lowest BCUT2D eigenvalue weighted by molar-refractivity contribution is 0.258.